The maximum atomic E-state index is 12.9. The van der Waals surface area contributed by atoms with E-state index in [9.17, 15) is 13.2 Å². The Kier molecular flexibility index (Phi) is 9.82. The monoisotopic (exact) mass is 500 g/mol. The molecule has 0 aromatic heterocycles. The van der Waals surface area contributed by atoms with Crippen LogP contribution in [0, 0.1) is 0 Å². The summed E-state index contributed by atoms with van der Waals surface area (Å²) in [6.45, 7) is 6.26. The molecular formula is C18H28F3IN4O. The fraction of sp³-hybridized carbons (Fsp3) is 0.611. The first kappa shape index (κ1) is 24.0. The van der Waals surface area contributed by atoms with Gasteiger partial charge in [0.05, 0.1) is 18.7 Å². The van der Waals surface area contributed by atoms with Crippen molar-refractivity contribution in [2.24, 2.45) is 4.99 Å². The van der Waals surface area contributed by atoms with Crippen LogP contribution in [0.1, 0.15) is 24.2 Å². The van der Waals surface area contributed by atoms with Crippen LogP contribution >= 0.6 is 24.0 Å². The zero-order chi connectivity index (χ0) is 19.2. The molecule has 1 N–H and O–H groups in total. The van der Waals surface area contributed by atoms with Crippen molar-refractivity contribution >= 4 is 29.9 Å². The Morgan fingerprint density at radius 1 is 1.41 bits per heavy atom. The maximum Gasteiger partial charge on any atom is 0.416 e. The van der Waals surface area contributed by atoms with E-state index in [1.807, 2.05) is 11.9 Å². The van der Waals surface area contributed by atoms with E-state index in [2.05, 4.69) is 22.1 Å². The van der Waals surface area contributed by atoms with E-state index in [0.29, 0.717) is 25.3 Å². The molecule has 154 valence electrons. The van der Waals surface area contributed by atoms with Gasteiger partial charge in [-0.25, -0.2) is 0 Å². The first-order valence-electron chi connectivity index (χ1n) is 8.78. The second kappa shape index (κ2) is 11.1. The van der Waals surface area contributed by atoms with E-state index in [-0.39, 0.29) is 24.0 Å². The molecule has 9 heteroatoms. The van der Waals surface area contributed by atoms with Gasteiger partial charge in [-0.15, -0.1) is 24.0 Å². The SMILES string of the molecule is CCN(C)CCNC(=NC)N1CCOC(c2cccc(C(F)(F)F)c2)C1.I. The zero-order valence-corrected chi connectivity index (χ0v) is 18.3. The number of likely N-dealkylation sites (N-methyl/N-ethyl adjacent to an activating group) is 1. The first-order chi connectivity index (χ1) is 12.3. The molecule has 1 aliphatic heterocycles. The third-order valence-corrected chi connectivity index (χ3v) is 4.48. The van der Waals surface area contributed by atoms with Gasteiger partial charge in [0.25, 0.3) is 0 Å². The fourth-order valence-corrected chi connectivity index (χ4v) is 2.81. The lowest BCUT2D eigenvalue weighted by Gasteiger charge is -2.35. The summed E-state index contributed by atoms with van der Waals surface area (Å²) in [6.07, 6.45) is -4.77. The lowest BCUT2D eigenvalue weighted by molar-refractivity contribution is -0.137. The minimum absolute atomic E-state index is 0. The molecular weight excluding hydrogens is 472 g/mol. The quantitative estimate of drug-likeness (QED) is 0.383. The molecule has 1 fully saturated rings. The van der Waals surface area contributed by atoms with Crippen LogP contribution in [-0.4, -0.2) is 69.2 Å². The van der Waals surface area contributed by atoms with E-state index in [4.69, 9.17) is 4.74 Å². The number of ether oxygens (including phenoxy) is 1. The number of benzene rings is 1. The molecule has 27 heavy (non-hydrogen) atoms. The number of aliphatic imine (C=N–C) groups is 1. The minimum atomic E-state index is -4.35. The molecule has 0 saturated carbocycles. The Hall–Kier alpha value is -1.07. The van der Waals surface area contributed by atoms with Gasteiger partial charge in [-0.2, -0.15) is 13.2 Å². The van der Waals surface area contributed by atoms with Crippen molar-refractivity contribution in [1.29, 1.82) is 0 Å². The number of hydrogen-bond donors (Lipinski definition) is 1. The standard InChI is InChI=1S/C18H27F3N4O.HI/c1-4-24(3)9-8-23-17(22-2)25-10-11-26-16(13-25)14-6-5-7-15(12-14)18(19,20)21;/h5-7,12,16H,4,8-11,13H2,1-3H3,(H,22,23);1H. The number of halogens is 4. The average Bonchev–Trinajstić information content (AvgIpc) is 2.64. The Bertz CT molecular complexity index is 613. The summed E-state index contributed by atoms with van der Waals surface area (Å²) < 4.78 is 44.5. The summed E-state index contributed by atoms with van der Waals surface area (Å²) in [5, 5.41) is 3.31. The van der Waals surface area contributed by atoms with Gasteiger partial charge in [-0.1, -0.05) is 19.1 Å². The predicted octanol–water partition coefficient (Wildman–Crippen LogP) is 3.22. The van der Waals surface area contributed by atoms with Crippen LogP contribution in [0.2, 0.25) is 0 Å². The molecule has 1 heterocycles. The summed E-state index contributed by atoms with van der Waals surface area (Å²) in [7, 11) is 3.75. The van der Waals surface area contributed by atoms with Gasteiger partial charge in [0, 0.05) is 26.7 Å². The predicted molar refractivity (Wildman–Crippen MR) is 112 cm³/mol. The van der Waals surface area contributed by atoms with Gasteiger partial charge in [0.1, 0.15) is 6.10 Å². The lowest BCUT2D eigenvalue weighted by Crippen LogP contribution is -2.49. The molecule has 0 amide bonds. The molecule has 1 aromatic rings. The third kappa shape index (κ3) is 7.11. The van der Waals surface area contributed by atoms with Gasteiger partial charge in [0.2, 0.25) is 0 Å². The fourth-order valence-electron chi connectivity index (χ4n) is 2.81. The van der Waals surface area contributed by atoms with Gasteiger partial charge >= 0.3 is 6.18 Å². The molecule has 5 nitrogen and oxygen atoms in total. The van der Waals surface area contributed by atoms with E-state index in [1.54, 1.807) is 13.1 Å². The van der Waals surface area contributed by atoms with Crippen molar-refractivity contribution in [3.8, 4) is 0 Å². The molecule has 0 bridgehead atoms. The number of morpholine rings is 1. The second-order valence-electron chi connectivity index (χ2n) is 6.30. The number of rotatable bonds is 5. The van der Waals surface area contributed by atoms with E-state index in [0.717, 1.165) is 31.7 Å². The first-order valence-corrected chi connectivity index (χ1v) is 8.78. The van der Waals surface area contributed by atoms with Crippen LogP contribution in [0.5, 0.6) is 0 Å². The van der Waals surface area contributed by atoms with Gasteiger partial charge in [-0.3, -0.25) is 4.99 Å². The molecule has 0 radical (unpaired) electrons. The van der Waals surface area contributed by atoms with Gasteiger partial charge in [0.15, 0.2) is 5.96 Å². The number of nitrogens with zero attached hydrogens (tertiary/aromatic N) is 3. The summed E-state index contributed by atoms with van der Waals surface area (Å²) >= 11 is 0. The highest BCUT2D eigenvalue weighted by Crippen LogP contribution is 2.32. The summed E-state index contributed by atoms with van der Waals surface area (Å²) in [5.74, 6) is 0.745. The van der Waals surface area contributed by atoms with Crippen molar-refractivity contribution in [1.82, 2.24) is 15.1 Å². The average molecular weight is 500 g/mol. The van der Waals surface area contributed by atoms with Crippen LogP contribution in [0.3, 0.4) is 0 Å². The number of hydrogen-bond acceptors (Lipinski definition) is 3. The minimum Gasteiger partial charge on any atom is -0.370 e. The number of guanidine groups is 1. The van der Waals surface area contributed by atoms with Crippen molar-refractivity contribution < 1.29 is 17.9 Å². The van der Waals surface area contributed by atoms with E-state index in [1.165, 1.54) is 12.1 Å². The highest BCUT2D eigenvalue weighted by Gasteiger charge is 2.32. The molecule has 1 aliphatic rings. The molecule has 1 unspecified atom stereocenters. The maximum absolute atomic E-state index is 12.9. The van der Waals surface area contributed by atoms with E-state index < -0.39 is 17.8 Å². The van der Waals surface area contributed by atoms with Crippen molar-refractivity contribution in [2.45, 2.75) is 19.2 Å². The smallest absolute Gasteiger partial charge is 0.370 e. The second-order valence-corrected chi connectivity index (χ2v) is 6.30. The Morgan fingerprint density at radius 3 is 2.78 bits per heavy atom. The van der Waals surface area contributed by atoms with Crippen LogP contribution < -0.4 is 5.32 Å². The summed E-state index contributed by atoms with van der Waals surface area (Å²) in [5.41, 5.74) is -0.119. The van der Waals surface area contributed by atoms with Crippen LogP contribution in [-0.2, 0) is 10.9 Å². The highest BCUT2D eigenvalue weighted by molar-refractivity contribution is 14.0. The normalized spacial score (nSPS) is 18.4. The molecule has 1 saturated heterocycles. The lowest BCUT2D eigenvalue weighted by atomic mass is 10.0. The largest absolute Gasteiger partial charge is 0.416 e. The molecule has 1 aromatic carbocycles. The van der Waals surface area contributed by atoms with Crippen molar-refractivity contribution in [3.05, 3.63) is 35.4 Å². The Morgan fingerprint density at radius 2 is 2.15 bits per heavy atom. The highest BCUT2D eigenvalue weighted by atomic mass is 127. The molecule has 0 aliphatic carbocycles. The van der Waals surface area contributed by atoms with E-state index >= 15 is 0 Å². The Balaban J connectivity index is 0.00000364. The number of alkyl halides is 3. The topological polar surface area (TPSA) is 40.1 Å². The summed E-state index contributed by atoms with van der Waals surface area (Å²) in [6, 6.07) is 5.35. The zero-order valence-electron chi connectivity index (χ0n) is 15.9. The Labute approximate surface area is 176 Å². The van der Waals surface area contributed by atoms with Crippen LogP contribution in [0.4, 0.5) is 13.2 Å². The molecule has 0 spiro atoms. The summed E-state index contributed by atoms with van der Waals surface area (Å²) in [4.78, 5) is 8.51. The van der Waals surface area contributed by atoms with Gasteiger partial charge < -0.3 is 19.9 Å². The molecule has 2 rings (SSSR count). The third-order valence-electron chi connectivity index (χ3n) is 4.48. The van der Waals surface area contributed by atoms with Crippen LogP contribution in [0.25, 0.3) is 0 Å². The van der Waals surface area contributed by atoms with Crippen LogP contribution in [0.15, 0.2) is 29.3 Å². The van der Waals surface area contributed by atoms with Crippen molar-refractivity contribution in [3.63, 3.8) is 0 Å². The van der Waals surface area contributed by atoms with Crippen molar-refractivity contribution in [2.75, 3.05) is 53.4 Å². The van der Waals surface area contributed by atoms with Gasteiger partial charge in [-0.05, 0) is 31.3 Å². The molecule has 1 atom stereocenters. The number of nitrogens with one attached hydrogen (secondary N) is 1.